The number of allylic oxidation sites excluding steroid dienone is 1. The van der Waals surface area contributed by atoms with Gasteiger partial charge in [0.25, 0.3) is 0 Å². The van der Waals surface area contributed by atoms with Crippen LogP contribution in [-0.4, -0.2) is 27.2 Å². The number of likely N-dealkylation sites (N-methyl/N-ethyl adjacent to an activating group) is 1. The molecule has 0 saturated carbocycles. The number of amides is 1. The topological polar surface area (TPSA) is 64.6 Å². The normalized spacial score (nSPS) is 12.7. The Morgan fingerprint density at radius 3 is 2.29 bits per heavy atom. The van der Waals surface area contributed by atoms with Gasteiger partial charge in [0.1, 0.15) is 0 Å². The second kappa shape index (κ2) is 6.24. The van der Waals surface area contributed by atoms with Gasteiger partial charge in [-0.15, -0.1) is 0 Å². The second-order valence-corrected chi connectivity index (χ2v) is 6.61. The standard InChI is InChI=1S/C7H14NO4PS/c1-6(5-7(9)8-2)14-13(10,11-3)12-4/h5H,1-4H3,(H,8,9). The molecule has 0 rings (SSSR count). The van der Waals surface area contributed by atoms with E-state index in [0.717, 1.165) is 11.4 Å². The minimum atomic E-state index is -3.14. The molecule has 0 spiro atoms. The van der Waals surface area contributed by atoms with E-state index in [1.54, 1.807) is 6.92 Å². The SMILES string of the molecule is CNC(=O)C=C(C)SP(=O)(OC)OC. The van der Waals surface area contributed by atoms with Crippen LogP contribution < -0.4 is 5.32 Å². The third-order valence-electron chi connectivity index (χ3n) is 1.28. The van der Waals surface area contributed by atoms with E-state index in [2.05, 4.69) is 5.32 Å². The summed E-state index contributed by atoms with van der Waals surface area (Å²) in [5.41, 5.74) is 0. The molecule has 7 heteroatoms. The molecule has 1 N–H and O–H groups in total. The molecule has 5 nitrogen and oxygen atoms in total. The zero-order valence-corrected chi connectivity index (χ0v) is 10.3. The summed E-state index contributed by atoms with van der Waals surface area (Å²) >= 11 is 0.902. The van der Waals surface area contributed by atoms with Crippen molar-refractivity contribution < 1.29 is 18.4 Å². The minimum absolute atomic E-state index is 0.256. The van der Waals surface area contributed by atoms with Gasteiger partial charge in [0, 0.05) is 27.3 Å². The quantitative estimate of drug-likeness (QED) is 0.585. The van der Waals surface area contributed by atoms with Crippen LogP contribution in [0.5, 0.6) is 0 Å². The smallest absolute Gasteiger partial charge is 0.356 e. The van der Waals surface area contributed by atoms with Gasteiger partial charge in [-0.25, -0.2) is 4.57 Å². The summed E-state index contributed by atoms with van der Waals surface area (Å²) in [6.45, 7) is -1.48. The van der Waals surface area contributed by atoms with E-state index in [0.29, 0.717) is 4.91 Å². The number of hydrogen-bond acceptors (Lipinski definition) is 5. The predicted molar refractivity (Wildman–Crippen MR) is 57.0 cm³/mol. The van der Waals surface area contributed by atoms with Crippen molar-refractivity contribution in [2.75, 3.05) is 21.3 Å². The van der Waals surface area contributed by atoms with Crippen molar-refractivity contribution in [2.45, 2.75) is 6.92 Å². The van der Waals surface area contributed by atoms with Gasteiger partial charge >= 0.3 is 6.80 Å². The highest BCUT2D eigenvalue weighted by Crippen LogP contribution is 2.62. The molecular formula is C7H14NO4PS. The summed E-state index contributed by atoms with van der Waals surface area (Å²) < 4.78 is 21.0. The van der Waals surface area contributed by atoms with Gasteiger partial charge in [-0.1, -0.05) is 0 Å². The molecule has 0 aromatic heterocycles. The second-order valence-electron chi connectivity index (χ2n) is 2.27. The highest BCUT2D eigenvalue weighted by molar-refractivity contribution is 8.57. The molecule has 0 unspecified atom stereocenters. The maximum atomic E-state index is 11.6. The number of carbonyl (C=O) groups is 1. The third kappa shape index (κ3) is 4.81. The summed E-state index contributed by atoms with van der Waals surface area (Å²) in [5, 5.41) is 2.42. The molecule has 0 heterocycles. The zero-order valence-electron chi connectivity index (χ0n) is 8.57. The molecule has 0 bridgehead atoms. The van der Waals surface area contributed by atoms with Crippen LogP contribution in [0.25, 0.3) is 0 Å². The molecule has 82 valence electrons. The first-order valence-corrected chi connectivity index (χ1v) is 6.75. The van der Waals surface area contributed by atoms with Crippen LogP contribution in [0, 0.1) is 0 Å². The lowest BCUT2D eigenvalue weighted by Gasteiger charge is -2.11. The first kappa shape index (κ1) is 13.7. The summed E-state index contributed by atoms with van der Waals surface area (Å²) in [4.78, 5) is 11.5. The third-order valence-corrected chi connectivity index (χ3v) is 5.24. The fourth-order valence-corrected chi connectivity index (χ4v) is 3.08. The van der Waals surface area contributed by atoms with Crippen molar-refractivity contribution in [1.82, 2.24) is 5.32 Å². The Balaban J connectivity index is 4.44. The molecule has 0 aromatic rings. The van der Waals surface area contributed by atoms with Gasteiger partial charge in [0.15, 0.2) is 0 Å². The molecule has 0 aliphatic carbocycles. The number of rotatable bonds is 5. The Hall–Kier alpha value is -0.290. The van der Waals surface area contributed by atoms with Crippen LogP contribution in [0.3, 0.4) is 0 Å². The Labute approximate surface area is 87.5 Å². The maximum Gasteiger partial charge on any atom is 0.392 e. The van der Waals surface area contributed by atoms with Crippen molar-refractivity contribution >= 4 is 24.1 Å². The summed E-state index contributed by atoms with van der Waals surface area (Å²) in [7, 11) is 4.11. The highest BCUT2D eigenvalue weighted by Gasteiger charge is 2.22. The van der Waals surface area contributed by atoms with Crippen molar-refractivity contribution in [3.8, 4) is 0 Å². The lowest BCUT2D eigenvalue weighted by molar-refractivity contribution is -0.116. The van der Waals surface area contributed by atoms with Crippen LogP contribution in [-0.2, 0) is 18.4 Å². The predicted octanol–water partition coefficient (Wildman–Crippen LogP) is 1.77. The van der Waals surface area contributed by atoms with Crippen molar-refractivity contribution in [3.05, 3.63) is 11.0 Å². The molecule has 0 radical (unpaired) electrons. The van der Waals surface area contributed by atoms with E-state index in [-0.39, 0.29) is 5.91 Å². The fourth-order valence-electron chi connectivity index (χ4n) is 0.609. The first-order valence-electron chi connectivity index (χ1n) is 3.78. The van der Waals surface area contributed by atoms with Gasteiger partial charge in [-0.05, 0) is 23.2 Å². The minimum Gasteiger partial charge on any atom is -0.356 e. The largest absolute Gasteiger partial charge is 0.392 e. The number of nitrogens with one attached hydrogen (secondary N) is 1. The lowest BCUT2D eigenvalue weighted by Crippen LogP contribution is -2.14. The van der Waals surface area contributed by atoms with E-state index < -0.39 is 6.80 Å². The average molecular weight is 239 g/mol. The Bertz CT molecular complexity index is 271. The molecule has 14 heavy (non-hydrogen) atoms. The van der Waals surface area contributed by atoms with Gasteiger partial charge in [0.05, 0.1) is 0 Å². The van der Waals surface area contributed by atoms with Gasteiger partial charge in [-0.2, -0.15) is 0 Å². The molecule has 0 saturated heterocycles. The van der Waals surface area contributed by atoms with E-state index in [9.17, 15) is 9.36 Å². The highest BCUT2D eigenvalue weighted by atomic mass is 32.7. The van der Waals surface area contributed by atoms with Gasteiger partial charge in [-0.3, -0.25) is 4.79 Å². The Morgan fingerprint density at radius 1 is 1.43 bits per heavy atom. The van der Waals surface area contributed by atoms with E-state index in [4.69, 9.17) is 9.05 Å². The van der Waals surface area contributed by atoms with Crippen LogP contribution in [0.1, 0.15) is 6.92 Å². The molecule has 0 aliphatic rings. The van der Waals surface area contributed by atoms with Crippen LogP contribution in [0.15, 0.2) is 11.0 Å². The number of hydrogen-bond donors (Lipinski definition) is 1. The molecule has 0 aliphatic heterocycles. The molecular weight excluding hydrogens is 225 g/mol. The van der Waals surface area contributed by atoms with Crippen LogP contribution >= 0.6 is 18.2 Å². The van der Waals surface area contributed by atoms with Gasteiger partial charge in [0.2, 0.25) is 5.91 Å². The van der Waals surface area contributed by atoms with Gasteiger partial charge < -0.3 is 14.4 Å². The summed E-state index contributed by atoms with van der Waals surface area (Å²) in [6.07, 6.45) is 1.33. The summed E-state index contributed by atoms with van der Waals surface area (Å²) in [6, 6.07) is 0. The van der Waals surface area contributed by atoms with E-state index in [1.165, 1.54) is 27.3 Å². The molecule has 0 atom stereocenters. The molecule has 0 aromatic carbocycles. The lowest BCUT2D eigenvalue weighted by atomic mass is 10.5. The molecule has 0 fully saturated rings. The summed E-state index contributed by atoms with van der Waals surface area (Å²) in [5.74, 6) is -0.256. The molecule has 1 amide bonds. The van der Waals surface area contributed by atoms with Crippen molar-refractivity contribution in [3.63, 3.8) is 0 Å². The Kier molecular flexibility index (Phi) is 6.11. The zero-order chi connectivity index (χ0) is 11.2. The van der Waals surface area contributed by atoms with Crippen LogP contribution in [0.2, 0.25) is 0 Å². The first-order chi connectivity index (χ1) is 6.47. The van der Waals surface area contributed by atoms with Crippen molar-refractivity contribution in [2.24, 2.45) is 0 Å². The van der Waals surface area contributed by atoms with E-state index >= 15 is 0 Å². The van der Waals surface area contributed by atoms with Crippen LogP contribution in [0.4, 0.5) is 0 Å². The Morgan fingerprint density at radius 2 is 1.93 bits per heavy atom. The monoisotopic (exact) mass is 239 g/mol. The fraction of sp³-hybridized carbons (Fsp3) is 0.571. The maximum absolute atomic E-state index is 11.6. The number of carbonyl (C=O) groups excluding carboxylic acids is 1. The average Bonchev–Trinajstić information content (AvgIpc) is 2.17. The van der Waals surface area contributed by atoms with E-state index in [1.807, 2.05) is 0 Å². The van der Waals surface area contributed by atoms with Crippen molar-refractivity contribution in [1.29, 1.82) is 0 Å².